The van der Waals surface area contributed by atoms with Crippen molar-refractivity contribution in [2.24, 2.45) is 0 Å². The summed E-state index contributed by atoms with van der Waals surface area (Å²) in [6.07, 6.45) is 3.18. The number of nitrogens with one attached hydrogen (secondary N) is 1. The topological polar surface area (TPSA) is 28.7 Å². The molecule has 0 unspecified atom stereocenters. The zero-order valence-corrected chi connectivity index (χ0v) is 9.55. The van der Waals surface area contributed by atoms with Gasteiger partial charge in [-0.05, 0) is 24.5 Å². The van der Waals surface area contributed by atoms with Gasteiger partial charge in [-0.3, -0.25) is 5.10 Å². The van der Waals surface area contributed by atoms with E-state index >= 15 is 0 Å². The fourth-order valence-corrected chi connectivity index (χ4v) is 1.88. The molecule has 0 spiro atoms. The first-order chi connectivity index (χ1) is 7.40. The number of aromatic nitrogens is 2. The maximum atomic E-state index is 4.31. The predicted octanol–water partition coefficient (Wildman–Crippen LogP) is 2.98. The quantitative estimate of drug-likeness (QED) is 0.854. The normalized spacial score (nSPS) is 10.5. The van der Waals surface area contributed by atoms with Crippen molar-refractivity contribution in [3.8, 4) is 11.3 Å². The Balaban J connectivity index is 2.14. The van der Waals surface area contributed by atoms with Crippen molar-refractivity contribution in [2.75, 3.05) is 12.0 Å². The standard InChI is InChI=1S/C12H14N2S/c1-15-8-7-11-9-12(14-13-11)10-5-3-2-4-6-10/h2-6,9H,7-8H2,1H3,(H,13,14). The molecule has 2 nitrogen and oxygen atoms in total. The maximum Gasteiger partial charge on any atom is 0.0923 e. The Hall–Kier alpha value is -1.22. The first-order valence-corrected chi connectivity index (χ1v) is 6.38. The Morgan fingerprint density at radius 3 is 2.80 bits per heavy atom. The third kappa shape index (κ3) is 2.63. The van der Waals surface area contributed by atoms with Crippen LogP contribution in [0.25, 0.3) is 11.3 Å². The lowest BCUT2D eigenvalue weighted by atomic mass is 10.1. The van der Waals surface area contributed by atoms with Crippen LogP contribution >= 0.6 is 11.8 Å². The van der Waals surface area contributed by atoms with Crippen LogP contribution in [0.2, 0.25) is 0 Å². The maximum absolute atomic E-state index is 4.31. The number of H-pyrrole nitrogens is 1. The molecule has 0 saturated heterocycles. The largest absolute Gasteiger partial charge is 0.282 e. The Morgan fingerprint density at radius 2 is 2.07 bits per heavy atom. The van der Waals surface area contributed by atoms with Crippen molar-refractivity contribution in [3.63, 3.8) is 0 Å². The number of hydrogen-bond acceptors (Lipinski definition) is 2. The van der Waals surface area contributed by atoms with Gasteiger partial charge in [0.1, 0.15) is 0 Å². The van der Waals surface area contributed by atoms with Crippen LogP contribution in [-0.4, -0.2) is 22.2 Å². The molecule has 0 bridgehead atoms. The minimum absolute atomic E-state index is 1.03. The first kappa shape index (κ1) is 10.3. The summed E-state index contributed by atoms with van der Waals surface area (Å²) in [5, 5.41) is 7.38. The highest BCUT2D eigenvalue weighted by molar-refractivity contribution is 7.98. The molecule has 0 aliphatic heterocycles. The summed E-state index contributed by atoms with van der Waals surface area (Å²) in [5.74, 6) is 1.14. The van der Waals surface area contributed by atoms with E-state index in [4.69, 9.17) is 0 Å². The van der Waals surface area contributed by atoms with E-state index < -0.39 is 0 Å². The van der Waals surface area contributed by atoms with Crippen molar-refractivity contribution >= 4 is 11.8 Å². The summed E-state index contributed by atoms with van der Waals surface area (Å²) in [5.41, 5.74) is 3.42. The summed E-state index contributed by atoms with van der Waals surface area (Å²) in [6, 6.07) is 12.4. The molecule has 1 heterocycles. The third-order valence-corrected chi connectivity index (χ3v) is 2.89. The number of aromatic amines is 1. The van der Waals surface area contributed by atoms with Crippen molar-refractivity contribution < 1.29 is 0 Å². The molecule has 1 aromatic heterocycles. The zero-order chi connectivity index (χ0) is 10.5. The van der Waals surface area contributed by atoms with E-state index in [1.165, 1.54) is 11.3 Å². The molecule has 2 aromatic rings. The van der Waals surface area contributed by atoms with Crippen molar-refractivity contribution in [2.45, 2.75) is 6.42 Å². The molecule has 2 rings (SSSR count). The van der Waals surface area contributed by atoms with E-state index in [0.717, 1.165) is 17.9 Å². The molecule has 3 heteroatoms. The van der Waals surface area contributed by atoms with Crippen molar-refractivity contribution in [3.05, 3.63) is 42.1 Å². The Morgan fingerprint density at radius 1 is 1.27 bits per heavy atom. The Labute approximate surface area is 94.1 Å². The molecule has 0 radical (unpaired) electrons. The van der Waals surface area contributed by atoms with E-state index in [0.29, 0.717) is 0 Å². The van der Waals surface area contributed by atoms with Gasteiger partial charge in [0.15, 0.2) is 0 Å². The summed E-state index contributed by atoms with van der Waals surface area (Å²) < 4.78 is 0. The molecule has 15 heavy (non-hydrogen) atoms. The SMILES string of the molecule is CSCCc1cc(-c2ccccc2)n[nH]1. The number of rotatable bonds is 4. The summed E-state index contributed by atoms with van der Waals surface area (Å²) >= 11 is 1.85. The molecular weight excluding hydrogens is 204 g/mol. The number of aryl methyl sites for hydroxylation is 1. The van der Waals surface area contributed by atoms with Crippen LogP contribution in [0.15, 0.2) is 36.4 Å². The fourth-order valence-electron chi connectivity index (χ4n) is 1.46. The Kier molecular flexibility index (Phi) is 3.45. The molecule has 78 valence electrons. The van der Waals surface area contributed by atoms with Crippen LogP contribution in [-0.2, 0) is 6.42 Å². The average molecular weight is 218 g/mol. The second-order valence-corrected chi connectivity index (χ2v) is 4.37. The highest BCUT2D eigenvalue weighted by Gasteiger charge is 2.02. The predicted molar refractivity (Wildman–Crippen MR) is 66.1 cm³/mol. The molecule has 0 aliphatic rings. The van der Waals surface area contributed by atoms with Crippen LogP contribution in [0.3, 0.4) is 0 Å². The van der Waals surface area contributed by atoms with Gasteiger partial charge in [-0.1, -0.05) is 30.3 Å². The van der Waals surface area contributed by atoms with E-state index in [1.54, 1.807) is 0 Å². The van der Waals surface area contributed by atoms with Gasteiger partial charge in [0.25, 0.3) is 0 Å². The monoisotopic (exact) mass is 218 g/mol. The summed E-state index contributed by atoms with van der Waals surface area (Å²) in [7, 11) is 0. The van der Waals surface area contributed by atoms with Crippen LogP contribution < -0.4 is 0 Å². The van der Waals surface area contributed by atoms with Crippen molar-refractivity contribution in [1.82, 2.24) is 10.2 Å². The molecule has 0 amide bonds. The highest BCUT2D eigenvalue weighted by atomic mass is 32.2. The van der Waals surface area contributed by atoms with Gasteiger partial charge in [0, 0.05) is 11.3 Å². The molecule has 0 aliphatic carbocycles. The summed E-state index contributed by atoms with van der Waals surface area (Å²) in [6.45, 7) is 0. The number of benzene rings is 1. The van der Waals surface area contributed by atoms with Gasteiger partial charge >= 0.3 is 0 Å². The minimum Gasteiger partial charge on any atom is -0.282 e. The van der Waals surface area contributed by atoms with Gasteiger partial charge < -0.3 is 0 Å². The van der Waals surface area contributed by atoms with Gasteiger partial charge in [0.05, 0.1) is 5.69 Å². The van der Waals surface area contributed by atoms with Crippen molar-refractivity contribution in [1.29, 1.82) is 0 Å². The third-order valence-electron chi connectivity index (χ3n) is 2.28. The van der Waals surface area contributed by atoms with E-state index in [2.05, 4.69) is 34.7 Å². The molecular formula is C12H14N2S. The van der Waals surface area contributed by atoms with E-state index in [-0.39, 0.29) is 0 Å². The minimum atomic E-state index is 1.03. The second kappa shape index (κ2) is 5.03. The van der Waals surface area contributed by atoms with E-state index in [1.807, 2.05) is 30.0 Å². The smallest absolute Gasteiger partial charge is 0.0923 e. The molecule has 1 aromatic carbocycles. The number of hydrogen-bond donors (Lipinski definition) is 1. The summed E-state index contributed by atoms with van der Waals surface area (Å²) in [4.78, 5) is 0. The lowest BCUT2D eigenvalue weighted by Gasteiger charge is -1.93. The van der Waals surface area contributed by atoms with Crippen LogP contribution in [0.1, 0.15) is 5.69 Å². The average Bonchev–Trinajstić information content (AvgIpc) is 2.76. The van der Waals surface area contributed by atoms with Gasteiger partial charge in [-0.2, -0.15) is 16.9 Å². The second-order valence-electron chi connectivity index (χ2n) is 3.39. The fraction of sp³-hybridized carbons (Fsp3) is 0.250. The molecule has 1 N–H and O–H groups in total. The molecule has 0 atom stereocenters. The lowest BCUT2D eigenvalue weighted by Crippen LogP contribution is -1.86. The molecule has 0 saturated carbocycles. The van der Waals surface area contributed by atoms with Crippen LogP contribution in [0.4, 0.5) is 0 Å². The lowest BCUT2D eigenvalue weighted by molar-refractivity contribution is 0.983. The van der Waals surface area contributed by atoms with Gasteiger partial charge in [0.2, 0.25) is 0 Å². The van der Waals surface area contributed by atoms with Gasteiger partial charge in [-0.25, -0.2) is 0 Å². The Bertz CT molecular complexity index is 409. The van der Waals surface area contributed by atoms with E-state index in [9.17, 15) is 0 Å². The van der Waals surface area contributed by atoms with Gasteiger partial charge in [-0.15, -0.1) is 0 Å². The van der Waals surface area contributed by atoms with Crippen LogP contribution in [0.5, 0.6) is 0 Å². The van der Waals surface area contributed by atoms with Crippen LogP contribution in [0, 0.1) is 0 Å². The number of thioether (sulfide) groups is 1. The molecule has 0 fully saturated rings. The number of nitrogens with zero attached hydrogens (tertiary/aromatic N) is 1. The first-order valence-electron chi connectivity index (χ1n) is 4.99. The highest BCUT2D eigenvalue weighted by Crippen LogP contribution is 2.17. The zero-order valence-electron chi connectivity index (χ0n) is 8.73.